The summed E-state index contributed by atoms with van der Waals surface area (Å²) in [6.45, 7) is 1.82. The summed E-state index contributed by atoms with van der Waals surface area (Å²) in [6, 6.07) is 3.19. The largest absolute Gasteiger partial charge is 0.434 e. The number of aromatic nitrogens is 3. The highest BCUT2D eigenvalue weighted by atomic mass is 19.1. The summed E-state index contributed by atoms with van der Waals surface area (Å²) in [5.74, 6) is 0.603. The van der Waals surface area contributed by atoms with Crippen molar-refractivity contribution in [1.82, 2.24) is 15.0 Å². The lowest BCUT2D eigenvalue weighted by Gasteiger charge is -2.18. The molecule has 5 heteroatoms. The number of aryl methyl sites for hydroxylation is 2. The minimum Gasteiger partial charge on any atom is -0.434 e. The van der Waals surface area contributed by atoms with Gasteiger partial charge in [-0.3, -0.25) is 0 Å². The third-order valence-electron chi connectivity index (χ3n) is 3.19. The molecule has 1 aliphatic rings. The van der Waals surface area contributed by atoms with Gasteiger partial charge in [0.05, 0.1) is 5.69 Å². The van der Waals surface area contributed by atoms with Crippen LogP contribution in [0.4, 0.5) is 4.39 Å². The summed E-state index contributed by atoms with van der Waals surface area (Å²) in [4.78, 5) is 12.3. The minimum atomic E-state index is -0.622. The van der Waals surface area contributed by atoms with E-state index in [1.807, 2.05) is 6.92 Å². The Kier molecular flexibility index (Phi) is 3.11. The number of fused-ring (bicyclic) bond motifs is 1. The van der Waals surface area contributed by atoms with Crippen molar-refractivity contribution in [2.24, 2.45) is 0 Å². The Morgan fingerprint density at radius 3 is 2.89 bits per heavy atom. The van der Waals surface area contributed by atoms with Gasteiger partial charge < -0.3 is 4.74 Å². The smallest absolute Gasteiger partial charge is 0.255 e. The Morgan fingerprint density at radius 2 is 2.05 bits per heavy atom. The first-order valence-electron chi connectivity index (χ1n) is 6.39. The van der Waals surface area contributed by atoms with Crippen LogP contribution in [0.15, 0.2) is 18.3 Å². The van der Waals surface area contributed by atoms with Crippen molar-refractivity contribution < 1.29 is 9.13 Å². The first-order valence-corrected chi connectivity index (χ1v) is 6.39. The van der Waals surface area contributed by atoms with Gasteiger partial charge in [0.2, 0.25) is 5.88 Å². The molecular weight excluding hydrogens is 245 g/mol. The third kappa shape index (κ3) is 2.41. The van der Waals surface area contributed by atoms with Crippen LogP contribution in [-0.2, 0) is 12.8 Å². The topological polar surface area (TPSA) is 47.9 Å². The fraction of sp³-hybridized carbons (Fsp3) is 0.357. The van der Waals surface area contributed by atoms with Crippen molar-refractivity contribution in [2.45, 2.75) is 32.6 Å². The molecule has 0 saturated heterocycles. The Bertz CT molecular complexity index is 616. The Hall–Kier alpha value is -2.04. The summed E-state index contributed by atoms with van der Waals surface area (Å²) < 4.78 is 19.1. The Labute approximate surface area is 110 Å². The van der Waals surface area contributed by atoms with Gasteiger partial charge in [-0.2, -0.15) is 9.37 Å². The fourth-order valence-corrected chi connectivity index (χ4v) is 2.31. The number of pyridine rings is 1. The maximum absolute atomic E-state index is 13.5. The zero-order chi connectivity index (χ0) is 13.2. The molecule has 98 valence electrons. The monoisotopic (exact) mass is 259 g/mol. The van der Waals surface area contributed by atoms with E-state index < -0.39 is 5.95 Å². The highest BCUT2D eigenvalue weighted by molar-refractivity contribution is 5.36. The van der Waals surface area contributed by atoms with Gasteiger partial charge >= 0.3 is 0 Å². The molecule has 0 fully saturated rings. The molecule has 0 saturated carbocycles. The lowest BCUT2D eigenvalue weighted by molar-refractivity contribution is 0.405. The van der Waals surface area contributed by atoms with Crippen molar-refractivity contribution in [2.75, 3.05) is 0 Å². The predicted molar refractivity (Wildman–Crippen MR) is 67.7 cm³/mol. The van der Waals surface area contributed by atoms with E-state index in [0.29, 0.717) is 11.7 Å². The molecule has 0 bridgehead atoms. The molecule has 0 atom stereocenters. The minimum absolute atomic E-state index is 0.105. The Morgan fingerprint density at radius 1 is 1.21 bits per heavy atom. The summed E-state index contributed by atoms with van der Waals surface area (Å²) in [7, 11) is 0. The van der Waals surface area contributed by atoms with Crippen LogP contribution >= 0.6 is 0 Å². The number of rotatable bonds is 2. The van der Waals surface area contributed by atoms with E-state index in [4.69, 9.17) is 4.74 Å². The lowest BCUT2D eigenvalue weighted by atomic mass is 9.97. The summed E-state index contributed by atoms with van der Waals surface area (Å²) in [6.07, 6.45) is 5.43. The molecular formula is C14H14FN3O. The first kappa shape index (κ1) is 12.0. The first-order chi connectivity index (χ1) is 9.24. The average molecular weight is 259 g/mol. The van der Waals surface area contributed by atoms with Gasteiger partial charge in [-0.15, -0.1) is 0 Å². The van der Waals surface area contributed by atoms with Crippen LogP contribution in [0, 0.1) is 12.9 Å². The normalized spacial score (nSPS) is 14.0. The number of ether oxygens (including phenoxy) is 1. The second-order valence-electron chi connectivity index (χ2n) is 4.60. The zero-order valence-electron chi connectivity index (χ0n) is 10.7. The second-order valence-corrected chi connectivity index (χ2v) is 4.60. The summed E-state index contributed by atoms with van der Waals surface area (Å²) in [5.41, 5.74) is 2.03. The van der Waals surface area contributed by atoms with E-state index in [1.54, 1.807) is 12.1 Å². The van der Waals surface area contributed by atoms with E-state index in [1.165, 1.54) is 6.20 Å². The fourth-order valence-electron chi connectivity index (χ4n) is 2.31. The SMILES string of the molecule is Cc1nc2c(c(Oc3cccnc3F)n1)CCCC2. The summed E-state index contributed by atoms with van der Waals surface area (Å²) >= 11 is 0. The van der Waals surface area contributed by atoms with Crippen molar-refractivity contribution in [1.29, 1.82) is 0 Å². The van der Waals surface area contributed by atoms with Crippen molar-refractivity contribution in [3.63, 3.8) is 0 Å². The van der Waals surface area contributed by atoms with Gasteiger partial charge in [0.1, 0.15) is 5.82 Å². The van der Waals surface area contributed by atoms with Gasteiger partial charge in [0.15, 0.2) is 5.75 Å². The number of halogens is 1. The van der Waals surface area contributed by atoms with E-state index >= 15 is 0 Å². The van der Waals surface area contributed by atoms with Crippen LogP contribution in [-0.4, -0.2) is 15.0 Å². The molecule has 0 radical (unpaired) electrons. The molecule has 0 aliphatic heterocycles. The zero-order valence-corrected chi connectivity index (χ0v) is 10.7. The highest BCUT2D eigenvalue weighted by Gasteiger charge is 2.19. The number of nitrogens with zero attached hydrogens (tertiary/aromatic N) is 3. The van der Waals surface area contributed by atoms with Crippen LogP contribution in [0.2, 0.25) is 0 Å². The van der Waals surface area contributed by atoms with Crippen LogP contribution in [0.1, 0.15) is 29.9 Å². The van der Waals surface area contributed by atoms with Gasteiger partial charge in [0, 0.05) is 11.8 Å². The second kappa shape index (κ2) is 4.91. The van der Waals surface area contributed by atoms with E-state index in [9.17, 15) is 4.39 Å². The molecule has 0 N–H and O–H groups in total. The van der Waals surface area contributed by atoms with Crippen molar-refractivity contribution in [3.8, 4) is 11.6 Å². The van der Waals surface area contributed by atoms with Crippen LogP contribution in [0.5, 0.6) is 11.6 Å². The summed E-state index contributed by atoms with van der Waals surface area (Å²) in [5, 5.41) is 0. The van der Waals surface area contributed by atoms with E-state index in [0.717, 1.165) is 36.9 Å². The van der Waals surface area contributed by atoms with E-state index in [2.05, 4.69) is 15.0 Å². The maximum Gasteiger partial charge on any atom is 0.255 e. The maximum atomic E-state index is 13.5. The van der Waals surface area contributed by atoms with Gasteiger partial charge in [-0.1, -0.05) is 0 Å². The van der Waals surface area contributed by atoms with Gasteiger partial charge in [0.25, 0.3) is 5.95 Å². The molecule has 19 heavy (non-hydrogen) atoms. The molecule has 0 spiro atoms. The molecule has 0 unspecified atom stereocenters. The molecule has 2 aromatic heterocycles. The Balaban J connectivity index is 2.01. The molecule has 2 aromatic rings. The highest BCUT2D eigenvalue weighted by Crippen LogP contribution is 2.30. The predicted octanol–water partition coefficient (Wildman–Crippen LogP) is 2.99. The van der Waals surface area contributed by atoms with Crippen LogP contribution in [0.25, 0.3) is 0 Å². The average Bonchev–Trinajstić information content (AvgIpc) is 2.41. The quantitative estimate of drug-likeness (QED) is 0.778. The molecule has 0 aromatic carbocycles. The standard InChI is InChI=1S/C14H14FN3O/c1-9-17-11-6-3-2-5-10(11)14(18-9)19-12-7-4-8-16-13(12)15/h4,7-8H,2-3,5-6H2,1H3. The molecule has 2 heterocycles. The van der Waals surface area contributed by atoms with Crippen LogP contribution < -0.4 is 4.74 Å². The molecule has 1 aliphatic carbocycles. The molecule has 4 nitrogen and oxygen atoms in total. The van der Waals surface area contributed by atoms with Crippen molar-refractivity contribution >= 4 is 0 Å². The molecule has 3 rings (SSSR count). The van der Waals surface area contributed by atoms with Crippen LogP contribution in [0.3, 0.4) is 0 Å². The number of hydrogen-bond donors (Lipinski definition) is 0. The third-order valence-corrected chi connectivity index (χ3v) is 3.19. The number of hydrogen-bond acceptors (Lipinski definition) is 4. The molecule has 0 amide bonds. The van der Waals surface area contributed by atoms with Gasteiger partial charge in [-0.05, 0) is 44.7 Å². The van der Waals surface area contributed by atoms with E-state index in [-0.39, 0.29) is 5.75 Å². The van der Waals surface area contributed by atoms with Gasteiger partial charge in [-0.25, -0.2) is 9.97 Å². The lowest BCUT2D eigenvalue weighted by Crippen LogP contribution is -2.10. The van der Waals surface area contributed by atoms with Crippen molar-refractivity contribution in [3.05, 3.63) is 41.4 Å².